The van der Waals surface area contributed by atoms with Gasteiger partial charge in [0.2, 0.25) is 0 Å². The van der Waals surface area contributed by atoms with Crippen LogP contribution in [0.1, 0.15) is 42.9 Å². The summed E-state index contributed by atoms with van der Waals surface area (Å²) in [6.45, 7) is 0.286. The van der Waals surface area contributed by atoms with Crippen molar-refractivity contribution in [3.8, 4) is 0 Å². The molecule has 0 bridgehead atoms. The van der Waals surface area contributed by atoms with E-state index in [-0.39, 0.29) is 6.61 Å². The summed E-state index contributed by atoms with van der Waals surface area (Å²) in [4.78, 5) is 0. The molecule has 0 amide bonds. The summed E-state index contributed by atoms with van der Waals surface area (Å²) >= 11 is 6.03. The molecule has 2 unspecified atom stereocenters. The molecule has 2 aliphatic carbocycles. The second-order valence-electron chi connectivity index (χ2n) is 5.56. The highest BCUT2D eigenvalue weighted by Gasteiger charge is 2.33. The topological polar surface area (TPSA) is 32.3 Å². The number of hydrogen-bond acceptors (Lipinski definition) is 2. The first-order valence-electron chi connectivity index (χ1n) is 6.93. The van der Waals surface area contributed by atoms with E-state index in [0.717, 1.165) is 30.2 Å². The molecular weight excluding hydrogens is 246 g/mol. The molecule has 0 radical (unpaired) electrons. The maximum atomic E-state index is 9.16. The van der Waals surface area contributed by atoms with Crippen molar-refractivity contribution in [3.63, 3.8) is 0 Å². The number of rotatable bonds is 5. The van der Waals surface area contributed by atoms with Gasteiger partial charge in [-0.3, -0.25) is 0 Å². The minimum atomic E-state index is 0.286. The van der Waals surface area contributed by atoms with E-state index >= 15 is 0 Å². The third kappa shape index (κ3) is 2.56. The molecule has 98 valence electrons. The van der Waals surface area contributed by atoms with Gasteiger partial charge in [0.15, 0.2) is 0 Å². The van der Waals surface area contributed by atoms with Gasteiger partial charge in [-0.15, -0.1) is 0 Å². The van der Waals surface area contributed by atoms with Crippen molar-refractivity contribution in [3.05, 3.63) is 34.3 Å². The number of aryl methyl sites for hydroxylation is 1. The molecule has 3 heteroatoms. The van der Waals surface area contributed by atoms with Gasteiger partial charge in [-0.05, 0) is 61.3 Å². The lowest BCUT2D eigenvalue weighted by Gasteiger charge is -2.23. The number of nitrogens with one attached hydrogen (secondary N) is 1. The second-order valence-corrected chi connectivity index (χ2v) is 5.99. The molecule has 1 aromatic carbocycles. The molecule has 2 nitrogen and oxygen atoms in total. The number of aliphatic hydroxyl groups excluding tert-OH is 1. The van der Waals surface area contributed by atoms with Crippen LogP contribution in [0.2, 0.25) is 5.02 Å². The molecule has 1 fully saturated rings. The van der Waals surface area contributed by atoms with Crippen molar-refractivity contribution in [1.82, 2.24) is 5.32 Å². The van der Waals surface area contributed by atoms with E-state index in [1.807, 2.05) is 6.07 Å². The molecule has 0 heterocycles. The van der Waals surface area contributed by atoms with Gasteiger partial charge in [0, 0.05) is 23.7 Å². The Bertz CT molecular complexity index is 431. The minimum absolute atomic E-state index is 0.286. The van der Waals surface area contributed by atoms with E-state index in [9.17, 15) is 0 Å². The van der Waals surface area contributed by atoms with E-state index in [2.05, 4.69) is 17.4 Å². The fourth-order valence-electron chi connectivity index (χ4n) is 3.11. The summed E-state index contributed by atoms with van der Waals surface area (Å²) < 4.78 is 0. The fourth-order valence-corrected chi connectivity index (χ4v) is 3.31. The van der Waals surface area contributed by atoms with Crippen molar-refractivity contribution in [1.29, 1.82) is 0 Å². The fraction of sp³-hybridized carbons (Fsp3) is 0.600. The predicted octanol–water partition coefficient (Wildman–Crippen LogP) is 3.08. The van der Waals surface area contributed by atoms with Crippen LogP contribution >= 0.6 is 11.6 Å². The van der Waals surface area contributed by atoms with Gasteiger partial charge in [-0.2, -0.15) is 0 Å². The van der Waals surface area contributed by atoms with E-state index in [0.29, 0.717) is 12.1 Å². The van der Waals surface area contributed by atoms with Gasteiger partial charge < -0.3 is 10.4 Å². The first-order valence-corrected chi connectivity index (χ1v) is 7.31. The molecule has 1 saturated carbocycles. The van der Waals surface area contributed by atoms with Crippen LogP contribution in [-0.2, 0) is 6.42 Å². The molecule has 3 rings (SSSR count). The average Bonchev–Trinajstić information content (AvgIpc) is 3.12. The van der Waals surface area contributed by atoms with Crippen LogP contribution in [0.5, 0.6) is 0 Å². The monoisotopic (exact) mass is 265 g/mol. The molecule has 2 atom stereocenters. The molecular formula is C15H20ClNO. The molecule has 0 aliphatic heterocycles. The minimum Gasteiger partial charge on any atom is -0.396 e. The lowest BCUT2D eigenvalue weighted by molar-refractivity contribution is 0.248. The van der Waals surface area contributed by atoms with Crippen molar-refractivity contribution >= 4 is 11.6 Å². The summed E-state index contributed by atoms with van der Waals surface area (Å²) in [6.07, 6.45) is 5.79. The normalized spacial score (nSPS) is 24.0. The number of benzene rings is 1. The lowest BCUT2D eigenvalue weighted by Crippen LogP contribution is -2.34. The number of hydrogen-bond donors (Lipinski definition) is 2. The third-order valence-electron chi connectivity index (χ3n) is 4.23. The average molecular weight is 266 g/mol. The van der Waals surface area contributed by atoms with Gasteiger partial charge in [0.05, 0.1) is 0 Å². The standard InChI is InChI=1S/C15H20ClNO/c16-12-4-5-13-11(9-12)3-6-15(13)17-14(7-8-18)10-1-2-10/h4-5,9-10,14-15,17-18H,1-3,6-8H2. The SMILES string of the molecule is OCCC(NC1CCc2cc(Cl)ccc21)C1CC1. The maximum Gasteiger partial charge on any atom is 0.0445 e. The van der Waals surface area contributed by atoms with Crippen molar-refractivity contribution in [2.24, 2.45) is 5.92 Å². The smallest absolute Gasteiger partial charge is 0.0445 e. The lowest BCUT2D eigenvalue weighted by atomic mass is 10.0. The Kier molecular flexibility index (Phi) is 3.60. The van der Waals surface area contributed by atoms with Gasteiger partial charge in [-0.25, -0.2) is 0 Å². The Balaban J connectivity index is 1.71. The van der Waals surface area contributed by atoms with Crippen LogP contribution in [-0.4, -0.2) is 17.8 Å². The van der Waals surface area contributed by atoms with Gasteiger partial charge in [0.1, 0.15) is 0 Å². The Labute approximate surface area is 113 Å². The van der Waals surface area contributed by atoms with Crippen molar-refractivity contribution < 1.29 is 5.11 Å². The first-order chi connectivity index (χ1) is 8.78. The first kappa shape index (κ1) is 12.5. The van der Waals surface area contributed by atoms with Gasteiger partial charge in [0.25, 0.3) is 0 Å². The van der Waals surface area contributed by atoms with Crippen molar-refractivity contribution in [2.45, 2.75) is 44.2 Å². The largest absolute Gasteiger partial charge is 0.396 e. The van der Waals surface area contributed by atoms with E-state index < -0.39 is 0 Å². The Morgan fingerprint density at radius 2 is 2.17 bits per heavy atom. The number of halogens is 1. The van der Waals surface area contributed by atoms with Crippen LogP contribution in [0.4, 0.5) is 0 Å². The van der Waals surface area contributed by atoms with E-state index in [1.54, 1.807) is 0 Å². The van der Waals surface area contributed by atoms with Crippen LogP contribution in [0.15, 0.2) is 18.2 Å². The Morgan fingerprint density at radius 1 is 1.33 bits per heavy atom. The number of fused-ring (bicyclic) bond motifs is 1. The maximum absolute atomic E-state index is 9.16. The van der Waals surface area contributed by atoms with E-state index in [1.165, 1.54) is 24.0 Å². The van der Waals surface area contributed by atoms with Gasteiger partial charge >= 0.3 is 0 Å². The molecule has 0 spiro atoms. The van der Waals surface area contributed by atoms with E-state index in [4.69, 9.17) is 16.7 Å². The summed E-state index contributed by atoms with van der Waals surface area (Å²) in [7, 11) is 0. The highest BCUT2D eigenvalue weighted by Crippen LogP contribution is 2.38. The van der Waals surface area contributed by atoms with Crippen LogP contribution in [0.25, 0.3) is 0 Å². The summed E-state index contributed by atoms with van der Waals surface area (Å²) in [5, 5.41) is 13.7. The quantitative estimate of drug-likeness (QED) is 0.858. The summed E-state index contributed by atoms with van der Waals surface area (Å²) in [6, 6.07) is 7.18. The van der Waals surface area contributed by atoms with Crippen LogP contribution < -0.4 is 5.32 Å². The zero-order chi connectivity index (χ0) is 12.5. The van der Waals surface area contributed by atoms with Crippen molar-refractivity contribution in [2.75, 3.05) is 6.61 Å². The molecule has 0 saturated heterocycles. The molecule has 2 aliphatic rings. The highest BCUT2D eigenvalue weighted by molar-refractivity contribution is 6.30. The Hall–Kier alpha value is -0.570. The molecule has 0 aromatic heterocycles. The molecule has 1 aromatic rings. The summed E-state index contributed by atoms with van der Waals surface area (Å²) in [5.41, 5.74) is 2.79. The Morgan fingerprint density at radius 3 is 2.89 bits per heavy atom. The predicted molar refractivity (Wildman–Crippen MR) is 73.9 cm³/mol. The zero-order valence-corrected chi connectivity index (χ0v) is 11.3. The second kappa shape index (κ2) is 5.20. The number of aliphatic hydroxyl groups is 1. The molecule has 2 N–H and O–H groups in total. The van der Waals surface area contributed by atoms with Gasteiger partial charge in [-0.1, -0.05) is 17.7 Å². The highest BCUT2D eigenvalue weighted by atomic mass is 35.5. The van der Waals surface area contributed by atoms with Crippen LogP contribution in [0.3, 0.4) is 0 Å². The van der Waals surface area contributed by atoms with Crippen LogP contribution in [0, 0.1) is 5.92 Å². The summed E-state index contributed by atoms with van der Waals surface area (Å²) in [5.74, 6) is 0.786. The third-order valence-corrected chi connectivity index (χ3v) is 4.46. The molecule has 18 heavy (non-hydrogen) atoms. The zero-order valence-electron chi connectivity index (χ0n) is 10.5.